The van der Waals surface area contributed by atoms with Crippen LogP contribution in [0.1, 0.15) is 43.5 Å². The van der Waals surface area contributed by atoms with E-state index < -0.39 is 0 Å². The number of nitrogens with zero attached hydrogens (tertiary/aromatic N) is 8. The van der Waals surface area contributed by atoms with Gasteiger partial charge in [0, 0.05) is 51.4 Å². The molecule has 214 valence electrons. The molecular formula is C25H33Cl2N11O2. The monoisotopic (exact) mass is 589 g/mol. The van der Waals surface area contributed by atoms with E-state index in [0.717, 1.165) is 38.9 Å². The van der Waals surface area contributed by atoms with E-state index in [4.69, 9.17) is 39.1 Å². The van der Waals surface area contributed by atoms with Crippen molar-refractivity contribution in [2.45, 2.75) is 45.2 Å². The highest BCUT2D eigenvalue weighted by molar-refractivity contribution is 6.32. The van der Waals surface area contributed by atoms with Gasteiger partial charge in [-0.15, -0.1) is 5.10 Å². The number of halogens is 2. The summed E-state index contributed by atoms with van der Waals surface area (Å²) in [7, 11) is 0. The van der Waals surface area contributed by atoms with Crippen LogP contribution < -0.4 is 21.7 Å². The molecule has 5 N–H and O–H groups in total. The first-order valence-corrected chi connectivity index (χ1v) is 14.2. The Morgan fingerprint density at radius 2 is 1.82 bits per heavy atom. The average Bonchev–Trinajstić information content (AvgIpc) is 3.42. The summed E-state index contributed by atoms with van der Waals surface area (Å²) in [4.78, 5) is 32.6. The van der Waals surface area contributed by atoms with Crippen LogP contribution in [0.15, 0.2) is 16.5 Å². The van der Waals surface area contributed by atoms with Gasteiger partial charge in [0.05, 0.1) is 5.56 Å². The second kappa shape index (κ2) is 12.0. The minimum Gasteiger partial charge on any atom is -0.402 e. The number of nitrogen functional groups attached to an aromatic ring is 2. The van der Waals surface area contributed by atoms with Crippen LogP contribution in [0.4, 0.5) is 23.5 Å². The molecular weight excluding hydrogens is 557 g/mol. The van der Waals surface area contributed by atoms with Gasteiger partial charge in [-0.25, -0.2) is 15.0 Å². The van der Waals surface area contributed by atoms with Gasteiger partial charge in [-0.05, 0) is 38.3 Å². The molecule has 2 aliphatic heterocycles. The number of rotatable bonds is 7. The number of piperazine rings is 1. The van der Waals surface area contributed by atoms with Crippen LogP contribution in [0, 0.1) is 0 Å². The Kier molecular flexibility index (Phi) is 8.43. The number of carbonyl (C=O) groups is 1. The molecule has 0 unspecified atom stereocenters. The molecule has 13 nitrogen and oxygen atoms in total. The lowest BCUT2D eigenvalue weighted by molar-refractivity contribution is 0.0491. The van der Waals surface area contributed by atoms with E-state index in [0.29, 0.717) is 37.1 Å². The van der Waals surface area contributed by atoms with Gasteiger partial charge in [-0.2, -0.15) is 0 Å². The molecule has 40 heavy (non-hydrogen) atoms. The van der Waals surface area contributed by atoms with Crippen LogP contribution in [0.3, 0.4) is 0 Å². The van der Waals surface area contributed by atoms with Crippen molar-refractivity contribution in [1.82, 2.24) is 34.9 Å². The largest absolute Gasteiger partial charge is 0.402 e. The van der Waals surface area contributed by atoms with Crippen molar-refractivity contribution in [3.63, 3.8) is 0 Å². The first kappa shape index (κ1) is 28.1. The zero-order valence-corrected chi connectivity index (χ0v) is 24.0. The molecule has 0 aliphatic carbocycles. The maximum absolute atomic E-state index is 13.0. The Bertz CT molecular complexity index is 1360. The number of anilines is 4. The number of nitrogens with one attached hydrogen (secondary N) is 1. The summed E-state index contributed by atoms with van der Waals surface area (Å²) in [6, 6.07) is 4.17. The zero-order chi connectivity index (χ0) is 28.4. The fourth-order valence-electron chi connectivity index (χ4n) is 5.43. The third-order valence-electron chi connectivity index (χ3n) is 7.46. The van der Waals surface area contributed by atoms with Crippen molar-refractivity contribution < 1.29 is 9.21 Å². The molecule has 0 spiro atoms. The topological polar surface area (TPSA) is 168 Å². The van der Waals surface area contributed by atoms with Crippen molar-refractivity contribution >= 4 is 52.6 Å². The number of carbonyl (C=O) groups excluding carboxylic acids is 1. The number of nitrogens with two attached hydrogens (primary N) is 2. The number of aromatic nitrogens is 5. The van der Waals surface area contributed by atoms with E-state index in [-0.39, 0.29) is 51.5 Å². The van der Waals surface area contributed by atoms with E-state index in [1.807, 2.05) is 11.8 Å². The molecule has 0 radical (unpaired) electrons. The number of piperidine rings is 1. The average molecular weight is 591 g/mol. The van der Waals surface area contributed by atoms with Crippen molar-refractivity contribution in [3.05, 3.63) is 28.0 Å². The first-order valence-electron chi connectivity index (χ1n) is 13.4. The molecule has 5 heterocycles. The van der Waals surface area contributed by atoms with Crippen molar-refractivity contribution in [2.75, 3.05) is 61.0 Å². The Morgan fingerprint density at radius 3 is 2.52 bits per heavy atom. The molecule has 0 aromatic carbocycles. The van der Waals surface area contributed by atoms with Gasteiger partial charge < -0.3 is 31.0 Å². The summed E-state index contributed by atoms with van der Waals surface area (Å²) in [5, 5.41) is 11.4. The van der Waals surface area contributed by atoms with Gasteiger partial charge in [0.25, 0.3) is 11.8 Å². The molecule has 3 aromatic heterocycles. The Balaban J connectivity index is 1.23. The second-order valence-corrected chi connectivity index (χ2v) is 10.6. The maximum atomic E-state index is 13.0. The van der Waals surface area contributed by atoms with E-state index in [9.17, 15) is 4.79 Å². The first-order chi connectivity index (χ1) is 19.3. The van der Waals surface area contributed by atoms with E-state index in [1.54, 1.807) is 12.1 Å². The summed E-state index contributed by atoms with van der Waals surface area (Å²) in [5.41, 5.74) is 12.8. The number of pyridine rings is 1. The summed E-state index contributed by atoms with van der Waals surface area (Å²) in [6.45, 7) is 8.35. The number of hydrogen-bond acceptors (Lipinski definition) is 12. The van der Waals surface area contributed by atoms with Crippen LogP contribution in [0.5, 0.6) is 0 Å². The Labute approximate surface area is 242 Å². The third-order valence-corrected chi connectivity index (χ3v) is 7.92. The summed E-state index contributed by atoms with van der Waals surface area (Å²) in [6.07, 6.45) is 2.71. The number of likely N-dealkylation sites (tertiary alicyclic amines) is 1. The normalized spacial score (nSPS) is 18.8. The van der Waals surface area contributed by atoms with Crippen LogP contribution in [-0.4, -0.2) is 92.2 Å². The number of amides is 1. The molecule has 0 saturated carbocycles. The van der Waals surface area contributed by atoms with Crippen LogP contribution in [0.25, 0.3) is 11.6 Å². The second-order valence-electron chi connectivity index (χ2n) is 9.85. The van der Waals surface area contributed by atoms with E-state index in [2.05, 4.69) is 47.2 Å². The standard InChI is InChI=1S/C25H33Cl2N11O2/c1-3-14-13-37(22-19(27)32-18(21(29)33-22)23-34-35-25(40-23)30-4-2)11-12-38(14)15-7-9-36(10-8-15)24(39)16-5-6-17(26)31-20(16)28/h5-6,14-15H,3-4,7-13H2,1-2H3,(H2,28,31)(H2,29,33)(H,30,35)/t14-/m0/s1. The molecule has 3 aromatic rings. The van der Waals surface area contributed by atoms with Crippen LogP contribution >= 0.6 is 23.2 Å². The molecule has 5 rings (SSSR count). The zero-order valence-electron chi connectivity index (χ0n) is 22.5. The summed E-state index contributed by atoms with van der Waals surface area (Å²) in [5.74, 6) is 0.930. The minimum absolute atomic E-state index is 0.107. The quantitative estimate of drug-likeness (QED) is 0.345. The minimum atomic E-state index is -0.107. The highest BCUT2D eigenvalue weighted by Crippen LogP contribution is 2.33. The van der Waals surface area contributed by atoms with Gasteiger partial charge in [-0.1, -0.05) is 35.2 Å². The van der Waals surface area contributed by atoms with Gasteiger partial charge >= 0.3 is 6.01 Å². The molecule has 0 bridgehead atoms. The lowest BCUT2D eigenvalue weighted by Crippen LogP contribution is -2.58. The van der Waals surface area contributed by atoms with E-state index in [1.165, 1.54) is 0 Å². The van der Waals surface area contributed by atoms with Gasteiger partial charge in [0.15, 0.2) is 22.5 Å². The molecule has 1 atom stereocenters. The Morgan fingerprint density at radius 1 is 1.05 bits per heavy atom. The fraction of sp³-hybridized carbons (Fsp3) is 0.520. The smallest absolute Gasteiger partial charge is 0.315 e. The van der Waals surface area contributed by atoms with Gasteiger partial charge in [0.1, 0.15) is 11.0 Å². The Hall–Kier alpha value is -3.42. The molecule has 2 fully saturated rings. The fourth-order valence-corrected chi connectivity index (χ4v) is 5.83. The third kappa shape index (κ3) is 5.72. The van der Waals surface area contributed by atoms with Crippen molar-refractivity contribution in [1.29, 1.82) is 0 Å². The van der Waals surface area contributed by atoms with Crippen molar-refractivity contribution in [2.24, 2.45) is 0 Å². The highest BCUT2D eigenvalue weighted by Gasteiger charge is 2.35. The van der Waals surface area contributed by atoms with E-state index >= 15 is 0 Å². The lowest BCUT2D eigenvalue weighted by Gasteiger charge is -2.47. The predicted octanol–water partition coefficient (Wildman–Crippen LogP) is 3.03. The van der Waals surface area contributed by atoms with Crippen LogP contribution in [-0.2, 0) is 0 Å². The van der Waals surface area contributed by atoms with Gasteiger partial charge in [-0.3, -0.25) is 9.69 Å². The molecule has 15 heteroatoms. The van der Waals surface area contributed by atoms with Crippen molar-refractivity contribution in [3.8, 4) is 11.6 Å². The summed E-state index contributed by atoms with van der Waals surface area (Å²) >= 11 is 12.5. The lowest BCUT2D eigenvalue weighted by atomic mass is 9.97. The highest BCUT2D eigenvalue weighted by atomic mass is 35.5. The molecule has 1 amide bonds. The van der Waals surface area contributed by atoms with Crippen LogP contribution in [0.2, 0.25) is 10.3 Å². The SMILES string of the molecule is CCNc1nnc(-c2nc(Cl)c(N3CCN(C4CCN(C(=O)c5ccc(Cl)nc5N)CC4)[C@@H](CC)C3)nc2N)o1. The maximum Gasteiger partial charge on any atom is 0.315 e. The summed E-state index contributed by atoms with van der Waals surface area (Å²) < 4.78 is 5.57. The van der Waals surface area contributed by atoms with Gasteiger partial charge in [0.2, 0.25) is 0 Å². The molecule has 2 aliphatic rings. The predicted molar refractivity (Wildman–Crippen MR) is 154 cm³/mol. The number of hydrogen-bond donors (Lipinski definition) is 3. The molecule has 2 saturated heterocycles.